The van der Waals surface area contributed by atoms with Crippen molar-refractivity contribution in [3.8, 4) is 5.75 Å². The van der Waals surface area contributed by atoms with Crippen LogP contribution in [0.2, 0.25) is 0 Å². The smallest absolute Gasteiger partial charge is 0.309 e. The maximum Gasteiger partial charge on any atom is 0.309 e. The van der Waals surface area contributed by atoms with Crippen LogP contribution in [-0.4, -0.2) is 34.2 Å². The molecule has 7 heteroatoms. The van der Waals surface area contributed by atoms with Crippen molar-refractivity contribution < 1.29 is 19.2 Å². The molecule has 0 N–H and O–H groups in total. The van der Waals surface area contributed by atoms with Gasteiger partial charge < -0.3 is 14.0 Å². The molecule has 29 heavy (non-hydrogen) atoms. The third kappa shape index (κ3) is 3.33. The molecule has 1 aliphatic rings. The Balaban J connectivity index is 1.88. The van der Waals surface area contributed by atoms with Crippen molar-refractivity contribution in [3.63, 3.8) is 0 Å². The SMILES string of the molecule is CCOC(=O)CC1Oc2ccccc2[C@@H](c2cn(C)c3ccccc23)C1[N+](=O)[O-]. The van der Waals surface area contributed by atoms with E-state index in [0.717, 1.165) is 22.0 Å². The first-order valence-electron chi connectivity index (χ1n) is 9.60. The van der Waals surface area contributed by atoms with Crippen LogP contribution >= 0.6 is 0 Å². The Morgan fingerprint density at radius 1 is 1.17 bits per heavy atom. The number of rotatable bonds is 5. The van der Waals surface area contributed by atoms with Gasteiger partial charge in [0.2, 0.25) is 0 Å². The summed E-state index contributed by atoms with van der Waals surface area (Å²) in [4.78, 5) is 24.0. The average molecular weight is 394 g/mol. The van der Waals surface area contributed by atoms with E-state index >= 15 is 0 Å². The third-order valence-electron chi connectivity index (χ3n) is 5.43. The lowest BCUT2D eigenvalue weighted by Crippen LogP contribution is -2.47. The van der Waals surface area contributed by atoms with Gasteiger partial charge in [0.25, 0.3) is 6.04 Å². The molecule has 0 amide bonds. The van der Waals surface area contributed by atoms with E-state index in [1.54, 1.807) is 13.0 Å². The van der Waals surface area contributed by atoms with E-state index in [0.29, 0.717) is 5.75 Å². The normalized spacial score (nSPS) is 20.7. The van der Waals surface area contributed by atoms with Crippen LogP contribution in [-0.2, 0) is 16.6 Å². The number of para-hydroxylation sites is 2. The summed E-state index contributed by atoms with van der Waals surface area (Å²) in [5, 5.41) is 13.2. The monoisotopic (exact) mass is 394 g/mol. The second kappa shape index (κ2) is 7.58. The molecule has 2 aromatic carbocycles. The van der Waals surface area contributed by atoms with Crippen LogP contribution in [0.25, 0.3) is 10.9 Å². The van der Waals surface area contributed by atoms with E-state index in [9.17, 15) is 14.9 Å². The fraction of sp³-hybridized carbons (Fsp3) is 0.318. The fourth-order valence-corrected chi connectivity index (χ4v) is 4.25. The molecular weight excluding hydrogens is 372 g/mol. The summed E-state index contributed by atoms with van der Waals surface area (Å²) in [7, 11) is 1.92. The maximum absolute atomic E-state index is 12.2. The lowest BCUT2D eigenvalue weighted by Gasteiger charge is -2.34. The Kier molecular flexibility index (Phi) is 4.96. The minimum Gasteiger partial charge on any atom is -0.482 e. The zero-order chi connectivity index (χ0) is 20.5. The standard InChI is InChI=1S/C22H22N2O5/c1-3-28-20(25)12-19-22(24(26)27)21(15-9-5-7-11-18(15)29-19)16-13-23(2)17-10-6-4-8-14(16)17/h4-11,13,19,21-22H,3,12H2,1-2H3/t19?,21-,22?/m0/s1. The molecule has 0 fully saturated rings. The number of aromatic nitrogens is 1. The molecular formula is C22H22N2O5. The number of ether oxygens (including phenoxy) is 2. The lowest BCUT2D eigenvalue weighted by molar-refractivity contribution is -0.537. The van der Waals surface area contributed by atoms with Gasteiger partial charge in [-0.3, -0.25) is 14.9 Å². The van der Waals surface area contributed by atoms with E-state index in [2.05, 4.69) is 0 Å². The summed E-state index contributed by atoms with van der Waals surface area (Å²) in [6.45, 7) is 1.93. The van der Waals surface area contributed by atoms with Crippen molar-refractivity contribution in [2.75, 3.05) is 6.61 Å². The molecule has 0 saturated heterocycles. The Hall–Kier alpha value is -3.35. The summed E-state index contributed by atoms with van der Waals surface area (Å²) >= 11 is 0. The molecule has 2 unspecified atom stereocenters. The van der Waals surface area contributed by atoms with Crippen molar-refractivity contribution >= 4 is 16.9 Å². The Bertz CT molecular complexity index is 1070. The molecule has 1 aromatic heterocycles. The average Bonchev–Trinajstić information content (AvgIpc) is 3.03. The molecule has 0 saturated carbocycles. The molecule has 0 spiro atoms. The van der Waals surface area contributed by atoms with Crippen molar-refractivity contribution in [2.24, 2.45) is 7.05 Å². The van der Waals surface area contributed by atoms with Gasteiger partial charge in [-0.2, -0.15) is 0 Å². The molecule has 3 aromatic rings. The zero-order valence-corrected chi connectivity index (χ0v) is 16.3. The molecule has 0 radical (unpaired) electrons. The van der Waals surface area contributed by atoms with Crippen molar-refractivity contribution in [3.05, 3.63) is 76.0 Å². The van der Waals surface area contributed by atoms with Crippen LogP contribution in [0.3, 0.4) is 0 Å². The topological polar surface area (TPSA) is 83.6 Å². The number of hydrogen-bond donors (Lipinski definition) is 0. The lowest BCUT2D eigenvalue weighted by atomic mass is 9.79. The van der Waals surface area contributed by atoms with Gasteiger partial charge in [-0.1, -0.05) is 36.4 Å². The number of esters is 1. The number of nitro groups is 1. The molecule has 150 valence electrons. The molecule has 1 aliphatic heterocycles. The second-order valence-corrected chi connectivity index (χ2v) is 7.17. The highest BCUT2D eigenvalue weighted by molar-refractivity contribution is 5.85. The number of aryl methyl sites for hydroxylation is 1. The Morgan fingerprint density at radius 2 is 1.90 bits per heavy atom. The molecule has 3 atom stereocenters. The number of carbonyl (C=O) groups is 1. The predicted molar refractivity (Wildman–Crippen MR) is 108 cm³/mol. The fourth-order valence-electron chi connectivity index (χ4n) is 4.25. The predicted octanol–water partition coefficient (Wildman–Crippen LogP) is 3.67. The van der Waals surface area contributed by atoms with E-state index in [1.807, 2.05) is 60.3 Å². The van der Waals surface area contributed by atoms with Crippen LogP contribution in [0, 0.1) is 10.1 Å². The van der Waals surface area contributed by atoms with E-state index in [-0.39, 0.29) is 18.0 Å². The van der Waals surface area contributed by atoms with Gasteiger partial charge >= 0.3 is 5.97 Å². The Morgan fingerprint density at radius 3 is 2.66 bits per heavy atom. The van der Waals surface area contributed by atoms with Gasteiger partial charge in [0.15, 0.2) is 6.10 Å². The minimum absolute atomic E-state index is 0.172. The van der Waals surface area contributed by atoms with Crippen LogP contribution in [0.15, 0.2) is 54.7 Å². The summed E-state index contributed by atoms with van der Waals surface area (Å²) in [5.74, 6) is -0.473. The number of carbonyl (C=O) groups excluding carboxylic acids is 1. The van der Waals surface area contributed by atoms with Gasteiger partial charge in [0, 0.05) is 34.6 Å². The van der Waals surface area contributed by atoms with Gasteiger partial charge in [-0.25, -0.2) is 0 Å². The van der Waals surface area contributed by atoms with Gasteiger partial charge in [-0.15, -0.1) is 0 Å². The maximum atomic E-state index is 12.2. The number of benzene rings is 2. The van der Waals surface area contributed by atoms with E-state index < -0.39 is 24.0 Å². The van der Waals surface area contributed by atoms with Crippen LogP contribution < -0.4 is 4.74 Å². The van der Waals surface area contributed by atoms with Gasteiger partial charge in [0.05, 0.1) is 18.9 Å². The third-order valence-corrected chi connectivity index (χ3v) is 5.43. The zero-order valence-electron chi connectivity index (χ0n) is 16.3. The van der Waals surface area contributed by atoms with Crippen molar-refractivity contribution in [1.29, 1.82) is 0 Å². The Labute approximate surface area is 168 Å². The van der Waals surface area contributed by atoms with Crippen LogP contribution in [0.1, 0.15) is 30.4 Å². The first-order chi connectivity index (χ1) is 14.0. The van der Waals surface area contributed by atoms with E-state index in [1.165, 1.54) is 0 Å². The van der Waals surface area contributed by atoms with Crippen molar-refractivity contribution in [1.82, 2.24) is 4.57 Å². The largest absolute Gasteiger partial charge is 0.482 e. The van der Waals surface area contributed by atoms with Crippen LogP contribution in [0.4, 0.5) is 0 Å². The summed E-state index contributed by atoms with van der Waals surface area (Å²) < 4.78 is 12.9. The highest BCUT2D eigenvalue weighted by Gasteiger charge is 2.49. The summed E-state index contributed by atoms with van der Waals surface area (Å²) in [5.41, 5.74) is 2.61. The first-order valence-corrected chi connectivity index (χ1v) is 9.60. The molecule has 0 aliphatic carbocycles. The number of fused-ring (bicyclic) bond motifs is 2. The number of hydrogen-bond acceptors (Lipinski definition) is 5. The highest BCUT2D eigenvalue weighted by atomic mass is 16.6. The summed E-state index contributed by atoms with van der Waals surface area (Å²) in [6.07, 6.45) is 0.854. The quantitative estimate of drug-likeness (QED) is 0.375. The number of nitrogens with zero attached hydrogens (tertiary/aromatic N) is 2. The first kappa shape index (κ1) is 19.0. The molecule has 2 heterocycles. The molecule has 7 nitrogen and oxygen atoms in total. The molecule has 0 bridgehead atoms. The van der Waals surface area contributed by atoms with E-state index in [4.69, 9.17) is 9.47 Å². The summed E-state index contributed by atoms with van der Waals surface area (Å²) in [6, 6.07) is 14.0. The highest BCUT2D eigenvalue weighted by Crippen LogP contribution is 2.44. The van der Waals surface area contributed by atoms with Gasteiger partial charge in [-0.05, 0) is 24.6 Å². The molecule has 4 rings (SSSR count). The minimum atomic E-state index is -1.11. The van der Waals surface area contributed by atoms with Crippen LogP contribution in [0.5, 0.6) is 5.75 Å². The van der Waals surface area contributed by atoms with Gasteiger partial charge in [0.1, 0.15) is 5.75 Å². The van der Waals surface area contributed by atoms with Crippen molar-refractivity contribution in [2.45, 2.75) is 31.4 Å². The second-order valence-electron chi connectivity index (χ2n) is 7.17.